The van der Waals surface area contributed by atoms with Crippen LogP contribution in [-0.4, -0.2) is 19.9 Å². The molecule has 6 nitrogen and oxygen atoms in total. The van der Waals surface area contributed by atoms with Crippen molar-refractivity contribution in [3.63, 3.8) is 0 Å². The van der Waals surface area contributed by atoms with E-state index < -0.39 is 5.56 Å². The smallest absolute Gasteiger partial charge is 0.280 e. The van der Waals surface area contributed by atoms with Crippen LogP contribution in [0.5, 0.6) is 0 Å². The molecule has 3 N–H and O–H groups in total. The largest absolute Gasteiger partial charge is 0.369 e. The van der Waals surface area contributed by atoms with E-state index in [4.69, 9.17) is 17.3 Å². The van der Waals surface area contributed by atoms with Gasteiger partial charge >= 0.3 is 0 Å². The van der Waals surface area contributed by atoms with E-state index >= 15 is 0 Å². The van der Waals surface area contributed by atoms with E-state index in [-0.39, 0.29) is 22.3 Å². The maximum atomic E-state index is 11.2. The van der Waals surface area contributed by atoms with Crippen molar-refractivity contribution in [3.05, 3.63) is 21.7 Å². The zero-order valence-corrected chi connectivity index (χ0v) is 7.04. The molecule has 0 aliphatic heterocycles. The van der Waals surface area contributed by atoms with Crippen LogP contribution in [0.3, 0.4) is 0 Å². The first-order valence-corrected chi connectivity index (χ1v) is 3.72. The second kappa shape index (κ2) is 2.67. The number of H-pyrrole nitrogens is 1. The number of rotatable bonds is 0. The Kier molecular flexibility index (Phi) is 1.63. The van der Waals surface area contributed by atoms with Gasteiger partial charge in [0.05, 0.1) is 6.20 Å². The van der Waals surface area contributed by atoms with Gasteiger partial charge in [-0.25, -0.2) is 9.97 Å². The molecule has 0 aliphatic rings. The SMILES string of the molecule is Nc1nc2ncc(Cl)nc2c(=O)[nH]1. The predicted molar refractivity (Wildman–Crippen MR) is 47.4 cm³/mol. The minimum Gasteiger partial charge on any atom is -0.369 e. The van der Waals surface area contributed by atoms with Gasteiger partial charge in [-0.3, -0.25) is 9.78 Å². The summed E-state index contributed by atoms with van der Waals surface area (Å²) < 4.78 is 0. The number of hydrogen-bond donors (Lipinski definition) is 2. The second-order valence-corrected chi connectivity index (χ2v) is 2.70. The molecule has 0 saturated heterocycles. The third-order valence-corrected chi connectivity index (χ3v) is 1.59. The molecule has 0 fully saturated rings. The molecule has 2 rings (SSSR count). The first-order chi connectivity index (χ1) is 6.16. The molecule has 0 amide bonds. The lowest BCUT2D eigenvalue weighted by molar-refractivity contribution is 1.12. The van der Waals surface area contributed by atoms with E-state index in [2.05, 4.69) is 19.9 Å². The normalized spacial score (nSPS) is 10.5. The molecule has 7 heteroatoms. The molecule has 0 aromatic carbocycles. The van der Waals surface area contributed by atoms with Crippen molar-refractivity contribution < 1.29 is 0 Å². The summed E-state index contributed by atoms with van der Waals surface area (Å²) in [6.07, 6.45) is 1.30. The van der Waals surface area contributed by atoms with Crippen LogP contribution in [0.1, 0.15) is 0 Å². The Morgan fingerprint density at radius 1 is 1.46 bits per heavy atom. The minimum absolute atomic E-state index is 0.00845. The highest BCUT2D eigenvalue weighted by atomic mass is 35.5. The van der Waals surface area contributed by atoms with Crippen molar-refractivity contribution in [1.82, 2.24) is 19.9 Å². The van der Waals surface area contributed by atoms with Crippen LogP contribution in [-0.2, 0) is 0 Å². The van der Waals surface area contributed by atoms with Gasteiger partial charge in [-0.1, -0.05) is 11.6 Å². The Labute approximate surface area is 76.8 Å². The average molecular weight is 198 g/mol. The van der Waals surface area contributed by atoms with Gasteiger partial charge < -0.3 is 5.73 Å². The number of nitrogens with two attached hydrogens (primary N) is 1. The molecule has 0 radical (unpaired) electrons. The molecule has 0 spiro atoms. The van der Waals surface area contributed by atoms with Crippen LogP contribution < -0.4 is 11.3 Å². The van der Waals surface area contributed by atoms with Crippen LogP contribution in [0.4, 0.5) is 5.95 Å². The van der Waals surface area contributed by atoms with E-state index in [0.29, 0.717) is 0 Å². The number of halogens is 1. The molecule has 2 aromatic heterocycles. The van der Waals surface area contributed by atoms with Gasteiger partial charge in [0.25, 0.3) is 5.56 Å². The molecule has 0 unspecified atom stereocenters. The third-order valence-electron chi connectivity index (χ3n) is 1.41. The fraction of sp³-hybridized carbons (Fsp3) is 0. The Bertz CT molecular complexity index is 522. The van der Waals surface area contributed by atoms with Crippen molar-refractivity contribution in [2.45, 2.75) is 0 Å². The van der Waals surface area contributed by atoms with Crippen molar-refractivity contribution in [2.75, 3.05) is 5.73 Å². The predicted octanol–water partition coefficient (Wildman–Crippen LogP) is -0.0513. The monoisotopic (exact) mass is 197 g/mol. The summed E-state index contributed by atoms with van der Waals surface area (Å²) in [5.74, 6) is 0.00845. The van der Waals surface area contributed by atoms with Crippen LogP contribution in [0, 0.1) is 0 Å². The number of nitrogen functional groups attached to an aromatic ring is 1. The van der Waals surface area contributed by atoms with E-state index in [1.165, 1.54) is 6.20 Å². The summed E-state index contributed by atoms with van der Waals surface area (Å²) in [5.41, 5.74) is 5.12. The third kappa shape index (κ3) is 1.31. The Morgan fingerprint density at radius 2 is 2.23 bits per heavy atom. The maximum Gasteiger partial charge on any atom is 0.280 e. The van der Waals surface area contributed by atoms with Crippen molar-refractivity contribution >= 4 is 28.7 Å². The fourth-order valence-electron chi connectivity index (χ4n) is 0.913. The van der Waals surface area contributed by atoms with Gasteiger partial charge in [0, 0.05) is 0 Å². The summed E-state index contributed by atoms with van der Waals surface area (Å²) in [7, 11) is 0. The lowest BCUT2D eigenvalue weighted by Gasteiger charge is -1.95. The molecular weight excluding hydrogens is 194 g/mol. The molecule has 0 saturated carbocycles. The molecule has 13 heavy (non-hydrogen) atoms. The molecule has 0 bridgehead atoms. The molecule has 0 atom stereocenters. The summed E-state index contributed by atoms with van der Waals surface area (Å²) in [6.45, 7) is 0. The van der Waals surface area contributed by atoms with Gasteiger partial charge in [0.2, 0.25) is 5.95 Å². The topological polar surface area (TPSA) is 97.5 Å². The quantitative estimate of drug-likeness (QED) is 0.617. The summed E-state index contributed by atoms with van der Waals surface area (Å²) >= 11 is 5.55. The van der Waals surface area contributed by atoms with E-state index in [1.54, 1.807) is 0 Å². The highest BCUT2D eigenvalue weighted by molar-refractivity contribution is 6.29. The highest BCUT2D eigenvalue weighted by Crippen LogP contribution is 2.06. The fourth-order valence-corrected chi connectivity index (χ4v) is 1.05. The first kappa shape index (κ1) is 7.93. The number of anilines is 1. The summed E-state index contributed by atoms with van der Waals surface area (Å²) in [5, 5.41) is 0.143. The average Bonchev–Trinajstić information content (AvgIpc) is 2.06. The van der Waals surface area contributed by atoms with Crippen LogP contribution in [0.2, 0.25) is 5.15 Å². The number of hydrogen-bond acceptors (Lipinski definition) is 5. The number of aromatic amines is 1. The summed E-state index contributed by atoms with van der Waals surface area (Å²) in [4.78, 5) is 24.8. The highest BCUT2D eigenvalue weighted by Gasteiger charge is 2.04. The molecular formula is C6H4ClN5O. The lowest BCUT2D eigenvalue weighted by Crippen LogP contribution is -2.13. The van der Waals surface area contributed by atoms with Gasteiger partial charge in [0.1, 0.15) is 5.15 Å². The molecule has 0 aliphatic carbocycles. The Hall–Kier alpha value is -1.69. The Morgan fingerprint density at radius 3 is 3.00 bits per heavy atom. The zero-order valence-electron chi connectivity index (χ0n) is 6.28. The number of nitrogens with zero attached hydrogens (tertiary/aromatic N) is 3. The molecule has 66 valence electrons. The van der Waals surface area contributed by atoms with Crippen molar-refractivity contribution in [2.24, 2.45) is 0 Å². The van der Waals surface area contributed by atoms with E-state index in [9.17, 15) is 4.79 Å². The Balaban J connectivity index is 2.95. The second-order valence-electron chi connectivity index (χ2n) is 2.32. The van der Waals surface area contributed by atoms with Crippen molar-refractivity contribution in [1.29, 1.82) is 0 Å². The first-order valence-electron chi connectivity index (χ1n) is 3.35. The number of fused-ring (bicyclic) bond motifs is 1. The zero-order chi connectivity index (χ0) is 9.42. The molecule has 2 heterocycles. The van der Waals surface area contributed by atoms with Gasteiger partial charge in [-0.2, -0.15) is 4.98 Å². The van der Waals surface area contributed by atoms with Crippen LogP contribution in [0.25, 0.3) is 11.2 Å². The van der Waals surface area contributed by atoms with Gasteiger partial charge in [0.15, 0.2) is 11.2 Å². The number of aromatic nitrogens is 4. The number of nitrogens with one attached hydrogen (secondary N) is 1. The van der Waals surface area contributed by atoms with Crippen LogP contribution in [0.15, 0.2) is 11.0 Å². The van der Waals surface area contributed by atoms with E-state index in [1.807, 2.05) is 0 Å². The minimum atomic E-state index is -0.447. The van der Waals surface area contributed by atoms with Gasteiger partial charge in [-0.15, -0.1) is 0 Å². The van der Waals surface area contributed by atoms with Crippen molar-refractivity contribution in [3.8, 4) is 0 Å². The molecule has 2 aromatic rings. The standard InChI is InChI=1S/C6H4ClN5O/c7-2-1-9-4-3(10-2)5(13)12-6(8)11-4/h1H,(H3,8,9,11,12,13). The van der Waals surface area contributed by atoms with E-state index in [0.717, 1.165) is 0 Å². The summed E-state index contributed by atoms with van der Waals surface area (Å²) in [6, 6.07) is 0. The lowest BCUT2D eigenvalue weighted by atomic mass is 10.5. The van der Waals surface area contributed by atoms with Crippen LogP contribution >= 0.6 is 11.6 Å². The maximum absolute atomic E-state index is 11.2. The van der Waals surface area contributed by atoms with Gasteiger partial charge in [-0.05, 0) is 0 Å².